The fourth-order valence-corrected chi connectivity index (χ4v) is 4.04. The van der Waals surface area contributed by atoms with Gasteiger partial charge in [0, 0.05) is 43.2 Å². The topological polar surface area (TPSA) is 64.7 Å². The number of urea groups is 1. The van der Waals surface area contributed by atoms with Gasteiger partial charge in [-0.2, -0.15) is 0 Å². The second-order valence-corrected chi connectivity index (χ2v) is 7.82. The van der Waals surface area contributed by atoms with Crippen LogP contribution in [0.5, 0.6) is 0 Å². The summed E-state index contributed by atoms with van der Waals surface area (Å²) in [6, 6.07) is 17.8. The zero-order valence-electron chi connectivity index (χ0n) is 16.6. The van der Waals surface area contributed by atoms with Crippen molar-refractivity contribution in [1.82, 2.24) is 9.80 Å². The number of para-hydroxylation sites is 1. The van der Waals surface area contributed by atoms with Gasteiger partial charge in [-0.15, -0.1) is 0 Å². The van der Waals surface area contributed by atoms with Gasteiger partial charge in [0.15, 0.2) is 0 Å². The quantitative estimate of drug-likeness (QED) is 0.815. The fourth-order valence-electron chi connectivity index (χ4n) is 4.04. The molecule has 2 saturated heterocycles. The number of hydrogen-bond donors (Lipinski definition) is 2. The van der Waals surface area contributed by atoms with Crippen LogP contribution in [0.25, 0.3) is 0 Å². The van der Waals surface area contributed by atoms with Gasteiger partial charge < -0.3 is 20.4 Å². The third-order valence-electron chi connectivity index (χ3n) is 5.65. The van der Waals surface area contributed by atoms with Crippen molar-refractivity contribution in [3.05, 3.63) is 54.6 Å². The van der Waals surface area contributed by atoms with E-state index in [4.69, 9.17) is 0 Å². The van der Waals surface area contributed by atoms with E-state index in [9.17, 15) is 9.59 Å². The maximum absolute atomic E-state index is 12.8. The first-order chi connectivity index (χ1) is 14.2. The molecule has 2 heterocycles. The third kappa shape index (κ3) is 4.88. The van der Waals surface area contributed by atoms with Gasteiger partial charge in [0.2, 0.25) is 5.91 Å². The Bertz CT molecular complexity index is 832. The normalized spacial score (nSPS) is 19.1. The number of hydrogen-bond acceptors (Lipinski definition) is 3. The molecular weight excluding hydrogens is 364 g/mol. The number of likely N-dealkylation sites (tertiary alicyclic amines) is 2. The molecule has 3 amide bonds. The summed E-state index contributed by atoms with van der Waals surface area (Å²) in [5, 5.41) is 6.34. The van der Waals surface area contributed by atoms with Crippen molar-refractivity contribution in [3.8, 4) is 0 Å². The van der Waals surface area contributed by atoms with Gasteiger partial charge in [0.05, 0.1) is 5.92 Å². The van der Waals surface area contributed by atoms with Crippen LogP contribution >= 0.6 is 0 Å². The maximum atomic E-state index is 12.8. The number of carbonyl (C=O) groups is 2. The van der Waals surface area contributed by atoms with Crippen molar-refractivity contribution in [3.63, 3.8) is 0 Å². The summed E-state index contributed by atoms with van der Waals surface area (Å²) in [4.78, 5) is 29.2. The van der Waals surface area contributed by atoms with Crippen LogP contribution in [0, 0.1) is 5.92 Å². The smallest absolute Gasteiger partial charge is 0.320 e. The molecule has 2 aliphatic heterocycles. The number of carbonyl (C=O) groups excluding carboxylic acids is 2. The van der Waals surface area contributed by atoms with Gasteiger partial charge in [-0.1, -0.05) is 18.2 Å². The zero-order valence-corrected chi connectivity index (χ0v) is 16.6. The van der Waals surface area contributed by atoms with Crippen molar-refractivity contribution >= 4 is 29.0 Å². The number of benzene rings is 2. The summed E-state index contributed by atoms with van der Waals surface area (Å²) in [5.41, 5.74) is 2.76. The maximum Gasteiger partial charge on any atom is 0.320 e. The standard InChI is InChI=1S/C23H28N4O2/c28-22(18-7-6-16-27(17-18)23(29)26-14-4-5-15-26)25-21-12-10-20(11-13-21)24-19-8-2-1-3-9-19/h1-3,8-13,18,24H,4-7,14-17H2,(H,25,28)/t18-/m1/s1. The highest BCUT2D eigenvalue weighted by Gasteiger charge is 2.31. The largest absolute Gasteiger partial charge is 0.356 e. The fraction of sp³-hybridized carbons (Fsp3) is 0.391. The van der Waals surface area contributed by atoms with Crippen LogP contribution in [0.4, 0.5) is 21.9 Å². The minimum Gasteiger partial charge on any atom is -0.356 e. The van der Waals surface area contributed by atoms with Crippen molar-refractivity contribution in [2.75, 3.05) is 36.8 Å². The molecule has 0 aliphatic carbocycles. The molecule has 0 unspecified atom stereocenters. The molecule has 2 aromatic rings. The molecule has 6 heteroatoms. The van der Waals surface area contributed by atoms with Crippen molar-refractivity contribution < 1.29 is 9.59 Å². The Morgan fingerprint density at radius 1 is 0.759 bits per heavy atom. The molecule has 0 saturated carbocycles. The monoisotopic (exact) mass is 392 g/mol. The van der Waals surface area contributed by atoms with E-state index < -0.39 is 0 Å². The van der Waals surface area contributed by atoms with Gasteiger partial charge in [0.25, 0.3) is 0 Å². The molecule has 4 rings (SSSR count). The van der Waals surface area contributed by atoms with Crippen LogP contribution in [0.2, 0.25) is 0 Å². The highest BCUT2D eigenvalue weighted by Crippen LogP contribution is 2.23. The zero-order chi connectivity index (χ0) is 20.1. The Balaban J connectivity index is 1.32. The highest BCUT2D eigenvalue weighted by atomic mass is 16.2. The first-order valence-corrected chi connectivity index (χ1v) is 10.5. The minimum atomic E-state index is -0.155. The molecule has 2 aromatic carbocycles. The van der Waals surface area contributed by atoms with Crippen LogP contribution < -0.4 is 10.6 Å². The first kappa shape index (κ1) is 19.3. The number of nitrogens with zero attached hydrogens (tertiary/aromatic N) is 2. The molecule has 1 atom stereocenters. The molecule has 152 valence electrons. The van der Waals surface area contributed by atoms with E-state index in [1.807, 2.05) is 64.4 Å². The molecule has 2 fully saturated rings. The minimum absolute atomic E-state index is 0.00677. The molecule has 6 nitrogen and oxygen atoms in total. The van der Waals surface area contributed by atoms with Crippen LogP contribution in [-0.4, -0.2) is 47.9 Å². The number of nitrogens with one attached hydrogen (secondary N) is 2. The van der Waals surface area contributed by atoms with Crippen LogP contribution in [0.1, 0.15) is 25.7 Å². The van der Waals surface area contributed by atoms with Crippen molar-refractivity contribution in [1.29, 1.82) is 0 Å². The molecule has 0 aromatic heterocycles. The van der Waals surface area contributed by atoms with E-state index in [1.54, 1.807) is 0 Å². The van der Waals surface area contributed by atoms with E-state index in [2.05, 4.69) is 10.6 Å². The number of amides is 3. The van der Waals surface area contributed by atoms with E-state index in [1.165, 1.54) is 0 Å². The average molecular weight is 393 g/mol. The molecule has 0 bridgehead atoms. The highest BCUT2D eigenvalue weighted by molar-refractivity contribution is 5.93. The predicted molar refractivity (Wildman–Crippen MR) is 115 cm³/mol. The van der Waals surface area contributed by atoms with Gasteiger partial charge in [-0.3, -0.25) is 4.79 Å². The van der Waals surface area contributed by atoms with Gasteiger partial charge in [-0.25, -0.2) is 4.79 Å². The summed E-state index contributed by atoms with van der Waals surface area (Å²) in [6.45, 7) is 2.94. The molecular formula is C23H28N4O2. The number of rotatable bonds is 4. The summed E-state index contributed by atoms with van der Waals surface area (Å²) >= 11 is 0. The lowest BCUT2D eigenvalue weighted by Crippen LogP contribution is -2.48. The summed E-state index contributed by atoms with van der Waals surface area (Å²) < 4.78 is 0. The lowest BCUT2D eigenvalue weighted by atomic mass is 9.97. The van der Waals surface area contributed by atoms with Gasteiger partial charge in [0.1, 0.15) is 0 Å². The van der Waals surface area contributed by atoms with E-state index in [-0.39, 0.29) is 17.9 Å². The van der Waals surface area contributed by atoms with Crippen LogP contribution in [0.3, 0.4) is 0 Å². The Morgan fingerprint density at radius 2 is 1.38 bits per heavy atom. The van der Waals surface area contributed by atoms with Gasteiger partial charge in [-0.05, 0) is 62.1 Å². The molecule has 2 N–H and O–H groups in total. The van der Waals surface area contributed by atoms with Crippen LogP contribution in [0.15, 0.2) is 54.6 Å². The molecule has 0 spiro atoms. The number of anilines is 3. The van der Waals surface area contributed by atoms with E-state index in [0.29, 0.717) is 6.54 Å². The van der Waals surface area contributed by atoms with Crippen molar-refractivity contribution in [2.24, 2.45) is 5.92 Å². The number of piperidine rings is 1. The Morgan fingerprint density at radius 3 is 2.10 bits per heavy atom. The SMILES string of the molecule is O=C(Nc1ccc(Nc2ccccc2)cc1)[C@@H]1CCCN(C(=O)N2CCCC2)C1. The Kier molecular flexibility index (Phi) is 5.98. The first-order valence-electron chi connectivity index (χ1n) is 10.5. The Labute approximate surface area is 171 Å². The summed E-state index contributed by atoms with van der Waals surface area (Å²) in [5.74, 6) is -0.162. The van der Waals surface area contributed by atoms with E-state index in [0.717, 1.165) is 62.4 Å². The third-order valence-corrected chi connectivity index (χ3v) is 5.65. The second-order valence-electron chi connectivity index (χ2n) is 7.82. The predicted octanol–water partition coefficient (Wildman–Crippen LogP) is 4.30. The average Bonchev–Trinajstić information content (AvgIpc) is 3.30. The Hall–Kier alpha value is -3.02. The molecule has 0 radical (unpaired) electrons. The lowest BCUT2D eigenvalue weighted by molar-refractivity contribution is -0.121. The molecule has 29 heavy (non-hydrogen) atoms. The lowest BCUT2D eigenvalue weighted by Gasteiger charge is -2.34. The summed E-state index contributed by atoms with van der Waals surface area (Å²) in [7, 11) is 0. The summed E-state index contributed by atoms with van der Waals surface area (Å²) in [6.07, 6.45) is 3.86. The van der Waals surface area contributed by atoms with Crippen molar-refractivity contribution in [2.45, 2.75) is 25.7 Å². The second kappa shape index (κ2) is 8.99. The molecule has 2 aliphatic rings. The van der Waals surface area contributed by atoms with Crippen LogP contribution in [-0.2, 0) is 4.79 Å². The van der Waals surface area contributed by atoms with Gasteiger partial charge >= 0.3 is 6.03 Å². The van der Waals surface area contributed by atoms with E-state index >= 15 is 0 Å².